The van der Waals surface area contributed by atoms with E-state index in [1.54, 1.807) is 26.0 Å². The van der Waals surface area contributed by atoms with Crippen molar-refractivity contribution in [3.05, 3.63) is 28.3 Å². The molecule has 0 saturated heterocycles. The van der Waals surface area contributed by atoms with Crippen molar-refractivity contribution < 1.29 is 14.4 Å². The minimum absolute atomic E-state index is 0.0805. The fourth-order valence-corrected chi connectivity index (χ4v) is 1.16. The average molecular weight is 211 g/mol. The van der Waals surface area contributed by atoms with Crippen LogP contribution in [0.4, 0.5) is 5.69 Å². The van der Waals surface area contributed by atoms with Crippen molar-refractivity contribution in [3.63, 3.8) is 0 Å². The zero-order valence-corrected chi connectivity index (χ0v) is 8.89. The molecule has 0 radical (unpaired) electrons. The Bertz CT molecular complexity index is 362. The predicted octanol–water partition coefficient (Wildman–Crippen LogP) is 2.39. The van der Waals surface area contributed by atoms with Crippen LogP contribution >= 0.6 is 0 Å². The predicted molar refractivity (Wildman–Crippen MR) is 55.4 cm³/mol. The van der Waals surface area contributed by atoms with Crippen LogP contribution < -0.4 is 9.47 Å². The number of ether oxygens (including phenoxy) is 2. The van der Waals surface area contributed by atoms with Crippen molar-refractivity contribution in [2.45, 2.75) is 20.0 Å². The number of hydrogen-bond acceptors (Lipinski definition) is 4. The van der Waals surface area contributed by atoms with Gasteiger partial charge in [0.15, 0.2) is 5.75 Å². The maximum atomic E-state index is 10.7. The molecule has 0 aliphatic carbocycles. The second-order valence-corrected chi connectivity index (χ2v) is 3.23. The first-order chi connectivity index (χ1) is 7.06. The van der Waals surface area contributed by atoms with E-state index >= 15 is 0 Å². The van der Waals surface area contributed by atoms with Crippen LogP contribution in [0.15, 0.2) is 18.2 Å². The number of nitro benzene ring substituents is 1. The van der Waals surface area contributed by atoms with Crippen LogP contribution in [0.2, 0.25) is 0 Å². The highest BCUT2D eigenvalue weighted by Gasteiger charge is 2.20. The summed E-state index contributed by atoms with van der Waals surface area (Å²) >= 11 is 0. The molecule has 0 aliphatic rings. The van der Waals surface area contributed by atoms with Crippen molar-refractivity contribution in [2.75, 3.05) is 7.11 Å². The summed E-state index contributed by atoms with van der Waals surface area (Å²) in [5, 5.41) is 10.7. The van der Waals surface area contributed by atoms with E-state index in [4.69, 9.17) is 9.47 Å². The summed E-state index contributed by atoms with van der Waals surface area (Å²) in [6.07, 6.45) is -0.139. The monoisotopic (exact) mass is 211 g/mol. The van der Waals surface area contributed by atoms with Gasteiger partial charge in [0.1, 0.15) is 0 Å². The fourth-order valence-electron chi connectivity index (χ4n) is 1.16. The first-order valence-corrected chi connectivity index (χ1v) is 4.54. The molecular weight excluding hydrogens is 198 g/mol. The molecule has 0 bridgehead atoms. The summed E-state index contributed by atoms with van der Waals surface area (Å²) in [4.78, 5) is 10.3. The number of methoxy groups -OCH3 is 1. The fraction of sp³-hybridized carbons (Fsp3) is 0.400. The minimum Gasteiger partial charge on any atom is -0.493 e. The van der Waals surface area contributed by atoms with Crippen LogP contribution in [0.3, 0.4) is 0 Å². The lowest BCUT2D eigenvalue weighted by molar-refractivity contribution is -0.386. The maximum absolute atomic E-state index is 10.7. The molecular formula is C10H13NO4. The topological polar surface area (TPSA) is 61.6 Å². The minimum atomic E-state index is -0.486. The first kappa shape index (κ1) is 11.3. The molecule has 1 aromatic rings. The molecule has 1 rings (SSSR count). The molecule has 0 aliphatic heterocycles. The summed E-state index contributed by atoms with van der Waals surface area (Å²) in [7, 11) is 1.45. The summed E-state index contributed by atoms with van der Waals surface area (Å²) in [5.74, 6) is 0.554. The lowest BCUT2D eigenvalue weighted by atomic mass is 10.2. The Morgan fingerprint density at radius 1 is 1.40 bits per heavy atom. The van der Waals surface area contributed by atoms with E-state index in [0.717, 1.165) is 0 Å². The van der Waals surface area contributed by atoms with E-state index in [9.17, 15) is 10.1 Å². The second-order valence-electron chi connectivity index (χ2n) is 3.23. The molecule has 5 heteroatoms. The summed E-state index contributed by atoms with van der Waals surface area (Å²) in [6.45, 7) is 3.60. The highest BCUT2D eigenvalue weighted by atomic mass is 16.6. The van der Waals surface area contributed by atoms with E-state index in [0.29, 0.717) is 5.75 Å². The molecule has 0 N–H and O–H groups in total. The Balaban J connectivity index is 3.20. The molecule has 1 aromatic carbocycles. The van der Waals surface area contributed by atoms with Gasteiger partial charge < -0.3 is 9.47 Å². The van der Waals surface area contributed by atoms with Crippen LogP contribution in [0.5, 0.6) is 11.5 Å². The molecule has 0 saturated carbocycles. The Labute approximate surface area is 87.8 Å². The van der Waals surface area contributed by atoms with Gasteiger partial charge in [0.25, 0.3) is 0 Å². The second kappa shape index (κ2) is 4.63. The van der Waals surface area contributed by atoms with Crippen LogP contribution in [0, 0.1) is 10.1 Å². The number of nitrogens with zero attached hydrogens (tertiary/aromatic N) is 1. The lowest BCUT2D eigenvalue weighted by Gasteiger charge is -2.12. The Morgan fingerprint density at radius 2 is 2.07 bits per heavy atom. The molecule has 82 valence electrons. The molecule has 0 fully saturated rings. The van der Waals surface area contributed by atoms with Crippen LogP contribution in [-0.2, 0) is 0 Å². The van der Waals surface area contributed by atoms with E-state index in [-0.39, 0.29) is 17.5 Å². The van der Waals surface area contributed by atoms with Crippen molar-refractivity contribution >= 4 is 5.69 Å². The van der Waals surface area contributed by atoms with Crippen LogP contribution in [-0.4, -0.2) is 18.1 Å². The third-order valence-corrected chi connectivity index (χ3v) is 1.73. The first-order valence-electron chi connectivity index (χ1n) is 4.54. The van der Waals surface area contributed by atoms with Gasteiger partial charge in [-0.15, -0.1) is 0 Å². The van der Waals surface area contributed by atoms with E-state index in [1.807, 2.05) is 0 Å². The van der Waals surface area contributed by atoms with Crippen LogP contribution in [0.25, 0.3) is 0 Å². The Kier molecular flexibility index (Phi) is 3.49. The molecule has 0 aromatic heterocycles. The lowest BCUT2D eigenvalue weighted by Crippen LogP contribution is -2.08. The van der Waals surface area contributed by atoms with Gasteiger partial charge >= 0.3 is 5.69 Å². The number of nitro groups is 1. The van der Waals surface area contributed by atoms with Gasteiger partial charge in [0, 0.05) is 6.07 Å². The molecule has 0 atom stereocenters. The van der Waals surface area contributed by atoms with Crippen molar-refractivity contribution in [3.8, 4) is 11.5 Å². The van der Waals surface area contributed by atoms with Crippen molar-refractivity contribution in [1.82, 2.24) is 0 Å². The van der Waals surface area contributed by atoms with E-state index < -0.39 is 4.92 Å². The SMILES string of the molecule is COc1cccc([N+](=O)[O-])c1OC(C)C. The van der Waals surface area contributed by atoms with Gasteiger partial charge in [0.2, 0.25) is 5.75 Å². The third kappa shape index (κ3) is 2.59. The zero-order chi connectivity index (χ0) is 11.4. The molecule has 0 amide bonds. The summed E-state index contributed by atoms with van der Waals surface area (Å²) in [6, 6.07) is 4.58. The van der Waals surface area contributed by atoms with E-state index in [1.165, 1.54) is 13.2 Å². The standard InChI is InChI=1S/C10H13NO4/c1-7(2)15-10-8(11(12)13)5-4-6-9(10)14-3/h4-7H,1-3H3. The summed E-state index contributed by atoms with van der Waals surface area (Å²) in [5.41, 5.74) is -0.0805. The summed E-state index contributed by atoms with van der Waals surface area (Å²) < 4.78 is 10.4. The van der Waals surface area contributed by atoms with Gasteiger partial charge in [-0.1, -0.05) is 6.07 Å². The number of hydrogen-bond donors (Lipinski definition) is 0. The third-order valence-electron chi connectivity index (χ3n) is 1.73. The van der Waals surface area contributed by atoms with Crippen molar-refractivity contribution in [1.29, 1.82) is 0 Å². The van der Waals surface area contributed by atoms with Crippen molar-refractivity contribution in [2.24, 2.45) is 0 Å². The molecule has 0 unspecified atom stereocenters. The van der Waals surface area contributed by atoms with Gasteiger partial charge in [-0.2, -0.15) is 0 Å². The number of para-hydroxylation sites is 1. The van der Waals surface area contributed by atoms with Gasteiger partial charge in [-0.05, 0) is 19.9 Å². The normalized spacial score (nSPS) is 10.1. The van der Waals surface area contributed by atoms with Gasteiger partial charge in [-0.25, -0.2) is 0 Å². The van der Waals surface area contributed by atoms with E-state index in [2.05, 4.69) is 0 Å². The molecule has 0 heterocycles. The molecule has 5 nitrogen and oxygen atoms in total. The largest absolute Gasteiger partial charge is 0.493 e. The molecule has 0 spiro atoms. The highest BCUT2D eigenvalue weighted by Crippen LogP contribution is 2.37. The number of rotatable bonds is 4. The zero-order valence-electron chi connectivity index (χ0n) is 8.89. The van der Waals surface area contributed by atoms with Gasteiger partial charge in [-0.3, -0.25) is 10.1 Å². The van der Waals surface area contributed by atoms with Gasteiger partial charge in [0.05, 0.1) is 18.1 Å². The Morgan fingerprint density at radius 3 is 2.53 bits per heavy atom. The smallest absolute Gasteiger partial charge is 0.314 e. The quantitative estimate of drug-likeness (QED) is 0.566. The Hall–Kier alpha value is -1.78. The average Bonchev–Trinajstić information content (AvgIpc) is 2.16. The number of benzene rings is 1. The maximum Gasteiger partial charge on any atom is 0.314 e. The molecule has 15 heavy (non-hydrogen) atoms. The highest BCUT2D eigenvalue weighted by molar-refractivity contribution is 5.55. The van der Waals surface area contributed by atoms with Crippen LogP contribution in [0.1, 0.15) is 13.8 Å².